The van der Waals surface area contributed by atoms with Crippen LogP contribution in [-0.4, -0.2) is 27.7 Å². The molecule has 0 radical (unpaired) electrons. The van der Waals surface area contributed by atoms with Crippen molar-refractivity contribution in [2.45, 2.75) is 43.2 Å². The van der Waals surface area contributed by atoms with Crippen LogP contribution in [0.4, 0.5) is 5.82 Å². The molecule has 0 atom stereocenters. The van der Waals surface area contributed by atoms with Crippen LogP contribution in [0.1, 0.15) is 32.1 Å². The molecule has 0 bridgehead atoms. The van der Waals surface area contributed by atoms with E-state index in [-0.39, 0.29) is 5.91 Å². The van der Waals surface area contributed by atoms with Crippen LogP contribution >= 0.6 is 11.8 Å². The first-order valence-electron chi connectivity index (χ1n) is 6.24. The van der Waals surface area contributed by atoms with Crippen LogP contribution in [0.3, 0.4) is 0 Å². The van der Waals surface area contributed by atoms with E-state index in [4.69, 9.17) is 5.73 Å². The molecule has 1 aliphatic carbocycles. The molecule has 5 nitrogen and oxygen atoms in total. The molecule has 0 spiro atoms. The molecule has 1 aliphatic rings. The lowest BCUT2D eigenvalue weighted by molar-refractivity contribution is -0.119. The van der Waals surface area contributed by atoms with Gasteiger partial charge in [-0.25, -0.2) is 9.97 Å². The van der Waals surface area contributed by atoms with E-state index in [1.807, 2.05) is 0 Å². The second-order valence-corrected chi connectivity index (χ2v) is 5.40. The minimum Gasteiger partial charge on any atom is -0.381 e. The summed E-state index contributed by atoms with van der Waals surface area (Å²) >= 11 is 1.33. The molecule has 0 aromatic carbocycles. The van der Waals surface area contributed by atoms with Crippen LogP contribution in [0, 0.1) is 0 Å². The van der Waals surface area contributed by atoms with Crippen molar-refractivity contribution in [3.05, 3.63) is 12.4 Å². The molecule has 1 fully saturated rings. The number of amides is 1. The molecular formula is C12H18N4OS. The highest BCUT2D eigenvalue weighted by molar-refractivity contribution is 8.00. The topological polar surface area (TPSA) is 80.9 Å². The Morgan fingerprint density at radius 1 is 1.33 bits per heavy atom. The fraction of sp³-hybridized carbons (Fsp3) is 0.583. The summed E-state index contributed by atoms with van der Waals surface area (Å²) in [5.41, 5.74) is 5.66. The van der Waals surface area contributed by atoms with Gasteiger partial charge in [-0.3, -0.25) is 4.79 Å². The number of nitrogens with zero attached hydrogens (tertiary/aromatic N) is 2. The molecule has 6 heteroatoms. The molecule has 1 heterocycles. The number of anilines is 1. The van der Waals surface area contributed by atoms with Crippen molar-refractivity contribution in [3.63, 3.8) is 0 Å². The Labute approximate surface area is 111 Å². The molecule has 1 aromatic heterocycles. The first-order valence-corrected chi connectivity index (χ1v) is 7.23. The Bertz CT molecular complexity index is 407. The monoisotopic (exact) mass is 266 g/mol. The average molecular weight is 266 g/mol. The Hall–Kier alpha value is -1.30. The summed E-state index contributed by atoms with van der Waals surface area (Å²) in [5.74, 6) is 0.782. The van der Waals surface area contributed by atoms with Gasteiger partial charge in [0.2, 0.25) is 5.91 Å². The molecule has 0 saturated heterocycles. The third-order valence-electron chi connectivity index (χ3n) is 3.00. The zero-order valence-electron chi connectivity index (χ0n) is 10.3. The van der Waals surface area contributed by atoms with Crippen LogP contribution in [0.25, 0.3) is 0 Å². The van der Waals surface area contributed by atoms with Crippen molar-refractivity contribution in [2.24, 2.45) is 0 Å². The van der Waals surface area contributed by atoms with E-state index in [1.165, 1.54) is 31.0 Å². The maximum Gasteiger partial charge on any atom is 0.230 e. The van der Waals surface area contributed by atoms with E-state index < -0.39 is 0 Å². The number of rotatable bonds is 4. The van der Waals surface area contributed by atoms with Crippen LogP contribution in [0.15, 0.2) is 17.4 Å². The van der Waals surface area contributed by atoms with Gasteiger partial charge in [0.1, 0.15) is 5.03 Å². The highest BCUT2D eigenvalue weighted by Crippen LogP contribution is 2.20. The fourth-order valence-corrected chi connectivity index (χ4v) is 2.78. The Morgan fingerprint density at radius 3 is 2.78 bits per heavy atom. The van der Waals surface area contributed by atoms with E-state index in [9.17, 15) is 4.79 Å². The number of hydrogen-bond acceptors (Lipinski definition) is 5. The van der Waals surface area contributed by atoms with Crippen LogP contribution in [0.5, 0.6) is 0 Å². The highest BCUT2D eigenvalue weighted by Gasteiger charge is 2.16. The first-order chi connectivity index (χ1) is 8.75. The number of aromatic nitrogens is 2. The number of thioether (sulfide) groups is 1. The van der Waals surface area contributed by atoms with Gasteiger partial charge >= 0.3 is 0 Å². The number of carbonyl (C=O) groups is 1. The predicted octanol–water partition coefficient (Wildman–Crippen LogP) is 1.60. The normalized spacial score (nSPS) is 16.4. The molecule has 18 heavy (non-hydrogen) atoms. The number of carbonyl (C=O) groups excluding carboxylic acids is 1. The molecule has 98 valence electrons. The van der Waals surface area contributed by atoms with Gasteiger partial charge in [-0.2, -0.15) is 0 Å². The van der Waals surface area contributed by atoms with Gasteiger partial charge in [0.25, 0.3) is 0 Å². The first kappa shape index (κ1) is 13.1. The zero-order valence-corrected chi connectivity index (χ0v) is 11.1. The number of nitrogen functional groups attached to an aromatic ring is 1. The number of nitrogens with two attached hydrogens (primary N) is 1. The summed E-state index contributed by atoms with van der Waals surface area (Å²) < 4.78 is 0. The summed E-state index contributed by atoms with van der Waals surface area (Å²) in [4.78, 5) is 19.8. The van der Waals surface area contributed by atoms with Gasteiger partial charge in [0.15, 0.2) is 5.82 Å². The Balaban J connectivity index is 1.76. The summed E-state index contributed by atoms with van der Waals surface area (Å²) in [6.07, 6.45) is 9.05. The maximum absolute atomic E-state index is 11.8. The lowest BCUT2D eigenvalue weighted by atomic mass is 9.95. The second-order valence-electron chi connectivity index (χ2n) is 4.44. The molecule has 0 aliphatic heterocycles. The molecular weight excluding hydrogens is 248 g/mol. The third-order valence-corrected chi connectivity index (χ3v) is 4.00. The smallest absolute Gasteiger partial charge is 0.230 e. The summed E-state index contributed by atoms with van der Waals surface area (Å²) in [6.45, 7) is 0. The standard InChI is InChI=1S/C12H18N4OS/c13-11-12(15-7-6-14-11)18-8-10(17)16-9-4-2-1-3-5-9/h6-7,9H,1-5,8H2,(H2,13,14)(H,16,17). The van der Waals surface area contributed by atoms with Crippen molar-refractivity contribution in [1.82, 2.24) is 15.3 Å². The summed E-state index contributed by atoms with van der Waals surface area (Å²) in [5, 5.41) is 3.68. The SMILES string of the molecule is Nc1nccnc1SCC(=O)NC1CCCCC1. The van der Waals surface area contributed by atoms with Crippen molar-refractivity contribution in [2.75, 3.05) is 11.5 Å². The van der Waals surface area contributed by atoms with Gasteiger partial charge in [-0.1, -0.05) is 31.0 Å². The van der Waals surface area contributed by atoms with E-state index in [0.717, 1.165) is 12.8 Å². The fourth-order valence-electron chi connectivity index (χ4n) is 2.10. The summed E-state index contributed by atoms with van der Waals surface area (Å²) in [7, 11) is 0. The van der Waals surface area contributed by atoms with Gasteiger partial charge in [-0.15, -0.1) is 0 Å². The van der Waals surface area contributed by atoms with E-state index in [0.29, 0.717) is 22.6 Å². The van der Waals surface area contributed by atoms with Crippen LogP contribution in [0.2, 0.25) is 0 Å². The largest absolute Gasteiger partial charge is 0.381 e. The van der Waals surface area contributed by atoms with Crippen LogP contribution < -0.4 is 11.1 Å². The van der Waals surface area contributed by atoms with E-state index in [2.05, 4.69) is 15.3 Å². The van der Waals surface area contributed by atoms with Gasteiger partial charge in [0, 0.05) is 18.4 Å². The van der Waals surface area contributed by atoms with Gasteiger partial charge < -0.3 is 11.1 Å². The maximum atomic E-state index is 11.8. The molecule has 0 unspecified atom stereocenters. The predicted molar refractivity (Wildman–Crippen MR) is 72.2 cm³/mol. The van der Waals surface area contributed by atoms with Crippen molar-refractivity contribution in [3.8, 4) is 0 Å². The van der Waals surface area contributed by atoms with Gasteiger partial charge in [0.05, 0.1) is 5.75 Å². The lowest BCUT2D eigenvalue weighted by Gasteiger charge is -2.22. The van der Waals surface area contributed by atoms with E-state index >= 15 is 0 Å². The van der Waals surface area contributed by atoms with Crippen molar-refractivity contribution < 1.29 is 4.79 Å². The third kappa shape index (κ3) is 3.87. The molecule has 1 saturated carbocycles. The Kier molecular flexibility index (Phi) is 4.81. The molecule has 1 amide bonds. The van der Waals surface area contributed by atoms with Gasteiger partial charge in [-0.05, 0) is 12.8 Å². The minimum absolute atomic E-state index is 0.0527. The number of nitrogens with one attached hydrogen (secondary N) is 1. The Morgan fingerprint density at radius 2 is 2.06 bits per heavy atom. The molecule has 2 rings (SSSR count). The van der Waals surface area contributed by atoms with Crippen molar-refractivity contribution >= 4 is 23.5 Å². The van der Waals surface area contributed by atoms with Crippen LogP contribution in [-0.2, 0) is 4.79 Å². The summed E-state index contributed by atoms with van der Waals surface area (Å²) in [6, 6.07) is 0.353. The highest BCUT2D eigenvalue weighted by atomic mass is 32.2. The lowest BCUT2D eigenvalue weighted by Crippen LogP contribution is -2.37. The van der Waals surface area contributed by atoms with Crippen molar-refractivity contribution in [1.29, 1.82) is 0 Å². The molecule has 3 N–H and O–H groups in total. The quantitative estimate of drug-likeness (QED) is 0.809. The average Bonchev–Trinajstić information content (AvgIpc) is 2.39. The minimum atomic E-state index is 0.0527. The van der Waals surface area contributed by atoms with E-state index in [1.54, 1.807) is 12.4 Å². The number of hydrogen-bond donors (Lipinski definition) is 2. The zero-order chi connectivity index (χ0) is 12.8. The molecule has 1 aromatic rings. The second kappa shape index (κ2) is 6.58.